The number of carboxylic acids is 1. The van der Waals surface area contributed by atoms with E-state index in [1.54, 1.807) is 0 Å². The molecule has 0 saturated heterocycles. The van der Waals surface area contributed by atoms with Crippen LogP contribution in [0.2, 0.25) is 0 Å². The van der Waals surface area contributed by atoms with Gasteiger partial charge in [0.1, 0.15) is 13.2 Å². The predicted octanol–water partition coefficient (Wildman–Crippen LogP) is 25.3. The Labute approximate surface area is 560 Å². The topological polar surface area (TPSA) is 108 Å². The molecule has 0 radical (unpaired) electrons. The lowest BCUT2D eigenvalue weighted by Crippen LogP contribution is -2.40. The molecule has 0 spiro atoms. The third kappa shape index (κ3) is 73.2. The minimum atomic E-state index is -1.51. The molecule has 9 nitrogen and oxygen atoms in total. The number of hydrogen-bond donors (Lipinski definition) is 1. The number of aliphatic carboxylic acids is 1. The minimum Gasteiger partial charge on any atom is -0.477 e. The van der Waals surface area contributed by atoms with Crippen molar-refractivity contribution in [2.24, 2.45) is 0 Å². The van der Waals surface area contributed by atoms with Gasteiger partial charge in [0.05, 0.1) is 34.4 Å². The number of esters is 2. The maximum absolute atomic E-state index is 13.0. The van der Waals surface area contributed by atoms with Crippen molar-refractivity contribution in [2.45, 2.75) is 431 Å². The molecule has 2 atom stereocenters. The van der Waals surface area contributed by atoms with Gasteiger partial charge in [-0.15, -0.1) is 0 Å². The normalized spacial score (nSPS) is 12.7. The Bertz CT molecular complexity index is 1530. The van der Waals surface area contributed by atoms with E-state index >= 15 is 0 Å². The summed E-state index contributed by atoms with van der Waals surface area (Å²) in [4.78, 5) is 37.7. The third-order valence-corrected chi connectivity index (χ3v) is 18.5. The summed E-state index contributed by atoms with van der Waals surface area (Å²) in [6.07, 6.45) is 89.1. The number of likely N-dealkylation sites (N-methyl/N-ethyl adjacent to an activating group) is 1. The number of allylic oxidation sites excluding steroid dienone is 4. The molecule has 0 aliphatic carbocycles. The highest BCUT2D eigenvalue weighted by molar-refractivity contribution is 5.71. The van der Waals surface area contributed by atoms with Gasteiger partial charge >= 0.3 is 17.9 Å². The van der Waals surface area contributed by atoms with Crippen LogP contribution in [0.1, 0.15) is 418 Å². The fourth-order valence-corrected chi connectivity index (χ4v) is 12.3. The van der Waals surface area contributed by atoms with Crippen molar-refractivity contribution < 1.29 is 42.9 Å². The van der Waals surface area contributed by atoms with Crippen LogP contribution in [0.5, 0.6) is 0 Å². The highest BCUT2D eigenvalue weighted by atomic mass is 16.7. The van der Waals surface area contributed by atoms with Gasteiger partial charge in [-0.2, -0.15) is 0 Å². The average Bonchev–Trinajstić information content (AvgIpc) is 3.65. The van der Waals surface area contributed by atoms with Crippen LogP contribution in [0.4, 0.5) is 0 Å². The summed E-state index contributed by atoms with van der Waals surface area (Å²) in [6, 6.07) is 0. The van der Waals surface area contributed by atoms with Crippen molar-refractivity contribution in [3.05, 3.63) is 24.3 Å². The quantitative estimate of drug-likeness (QED) is 0.0211. The number of hydrogen-bond acceptors (Lipinski definition) is 7. The SMILES string of the molecule is CCCCCCC/C=C\C/C=C\CCCCCCCCCCCCCCCCCCCCCCCCCCCCCC(=O)OC(COC(=O)CCCCCCCCCCCCCCCCCCCCCCCCCCCC)COC(OCC[N+](C)(C)C)C(=O)O. The van der Waals surface area contributed by atoms with Gasteiger partial charge in [0, 0.05) is 12.8 Å². The Morgan fingerprint density at radius 3 is 0.878 bits per heavy atom. The van der Waals surface area contributed by atoms with E-state index in [-0.39, 0.29) is 38.2 Å². The molecule has 0 bridgehead atoms. The average molecular weight is 1270 g/mol. The fourth-order valence-electron chi connectivity index (χ4n) is 12.3. The van der Waals surface area contributed by atoms with Crippen LogP contribution in [-0.4, -0.2) is 87.4 Å². The molecule has 0 aromatic carbocycles. The lowest BCUT2D eigenvalue weighted by molar-refractivity contribution is -0.870. The second-order valence-electron chi connectivity index (χ2n) is 28.7. The van der Waals surface area contributed by atoms with E-state index in [1.165, 1.54) is 347 Å². The molecule has 0 aromatic rings. The molecule has 0 saturated carbocycles. The van der Waals surface area contributed by atoms with Crippen LogP contribution in [-0.2, 0) is 33.3 Å². The number of ether oxygens (including phenoxy) is 4. The number of carbonyl (C=O) groups excluding carboxylic acids is 2. The molecule has 0 aliphatic heterocycles. The van der Waals surface area contributed by atoms with E-state index in [0.29, 0.717) is 17.4 Å². The number of nitrogens with zero attached hydrogens (tertiary/aromatic N) is 1. The molecule has 9 heteroatoms. The van der Waals surface area contributed by atoms with Crippen molar-refractivity contribution in [3.8, 4) is 0 Å². The summed E-state index contributed by atoms with van der Waals surface area (Å²) in [5.74, 6) is -1.97. The van der Waals surface area contributed by atoms with Crippen molar-refractivity contribution in [2.75, 3.05) is 47.5 Å². The van der Waals surface area contributed by atoms with E-state index in [0.717, 1.165) is 44.9 Å². The Hall–Kier alpha value is -2.23. The lowest BCUT2D eigenvalue weighted by atomic mass is 10.0. The van der Waals surface area contributed by atoms with Gasteiger partial charge in [0.25, 0.3) is 6.29 Å². The summed E-state index contributed by atoms with van der Waals surface area (Å²) in [6.45, 7) is 4.96. The van der Waals surface area contributed by atoms with Crippen molar-refractivity contribution in [3.63, 3.8) is 0 Å². The molecule has 532 valence electrons. The van der Waals surface area contributed by atoms with E-state index in [1.807, 2.05) is 21.1 Å². The Morgan fingerprint density at radius 2 is 0.600 bits per heavy atom. The molecule has 0 aliphatic rings. The van der Waals surface area contributed by atoms with E-state index in [9.17, 15) is 19.5 Å². The predicted molar refractivity (Wildman–Crippen MR) is 388 cm³/mol. The summed E-state index contributed by atoms with van der Waals surface area (Å²) in [5.41, 5.74) is 0. The Morgan fingerprint density at radius 1 is 0.333 bits per heavy atom. The summed E-state index contributed by atoms with van der Waals surface area (Å²) < 4.78 is 23.1. The van der Waals surface area contributed by atoms with Crippen LogP contribution in [0, 0.1) is 0 Å². The zero-order valence-electron chi connectivity index (χ0n) is 61.1. The number of carboxylic acid groups (broad SMARTS) is 1. The third-order valence-electron chi connectivity index (χ3n) is 18.5. The van der Waals surface area contributed by atoms with Crippen LogP contribution in [0.25, 0.3) is 0 Å². The Balaban J connectivity index is 3.94. The van der Waals surface area contributed by atoms with Gasteiger partial charge < -0.3 is 28.5 Å². The van der Waals surface area contributed by atoms with E-state index in [4.69, 9.17) is 18.9 Å². The van der Waals surface area contributed by atoms with Gasteiger partial charge in [-0.05, 0) is 44.9 Å². The first-order valence-corrected chi connectivity index (χ1v) is 40.0. The van der Waals surface area contributed by atoms with Gasteiger partial charge in [0.15, 0.2) is 6.10 Å². The lowest BCUT2D eigenvalue weighted by Gasteiger charge is -2.25. The van der Waals surface area contributed by atoms with Gasteiger partial charge in [-0.1, -0.05) is 385 Å². The molecular formula is C81H156NO8+. The van der Waals surface area contributed by atoms with Crippen LogP contribution >= 0.6 is 0 Å². The smallest absolute Gasteiger partial charge is 0.361 e. The van der Waals surface area contributed by atoms with Crippen molar-refractivity contribution >= 4 is 17.9 Å². The largest absolute Gasteiger partial charge is 0.477 e. The molecule has 0 aromatic heterocycles. The number of unbranched alkanes of at least 4 members (excludes halogenated alkanes) is 57. The number of carbonyl (C=O) groups is 3. The maximum Gasteiger partial charge on any atom is 0.361 e. The summed E-state index contributed by atoms with van der Waals surface area (Å²) in [5, 5.41) is 9.77. The molecule has 0 heterocycles. The van der Waals surface area contributed by atoms with Crippen LogP contribution < -0.4 is 0 Å². The molecule has 0 rings (SSSR count). The first kappa shape index (κ1) is 87.8. The highest BCUT2D eigenvalue weighted by Crippen LogP contribution is 2.20. The molecule has 0 amide bonds. The second kappa shape index (κ2) is 72.6. The van der Waals surface area contributed by atoms with Crippen molar-refractivity contribution in [1.29, 1.82) is 0 Å². The number of rotatable bonds is 76. The second-order valence-corrected chi connectivity index (χ2v) is 28.7. The molecular weight excluding hydrogens is 1110 g/mol. The van der Waals surface area contributed by atoms with Gasteiger partial charge in [0.2, 0.25) is 0 Å². The maximum atomic E-state index is 13.0. The summed E-state index contributed by atoms with van der Waals surface area (Å²) in [7, 11) is 6.00. The monoisotopic (exact) mass is 1270 g/mol. The van der Waals surface area contributed by atoms with Gasteiger partial charge in [-0.3, -0.25) is 9.59 Å². The first-order valence-electron chi connectivity index (χ1n) is 40.0. The molecule has 0 fully saturated rings. The number of quaternary nitrogens is 1. The molecule has 1 N–H and O–H groups in total. The fraction of sp³-hybridized carbons (Fsp3) is 0.914. The first-order chi connectivity index (χ1) is 44.1. The van der Waals surface area contributed by atoms with E-state index < -0.39 is 18.4 Å². The van der Waals surface area contributed by atoms with Crippen LogP contribution in [0.15, 0.2) is 24.3 Å². The zero-order chi connectivity index (χ0) is 65.4. The zero-order valence-corrected chi connectivity index (χ0v) is 61.1. The van der Waals surface area contributed by atoms with Crippen molar-refractivity contribution in [1.82, 2.24) is 0 Å². The molecule has 90 heavy (non-hydrogen) atoms. The summed E-state index contributed by atoms with van der Waals surface area (Å²) >= 11 is 0. The van der Waals surface area contributed by atoms with Crippen LogP contribution in [0.3, 0.4) is 0 Å². The highest BCUT2D eigenvalue weighted by Gasteiger charge is 2.25. The molecule has 2 unspecified atom stereocenters. The minimum absolute atomic E-state index is 0.173. The standard InChI is InChI=1S/C81H155NO8/c1-6-8-10-12-14-16-18-20-22-24-26-28-30-32-34-35-36-37-38-39-40-41-42-43-44-45-46-48-50-52-54-56-58-60-62-64-66-68-70-72-79(84)90-77(76-89-81(80(85)86)87-74-73-82(3,4)5)75-88-78(83)71-69-67-65-63-61-59-57-55-53-51-49-47-33-31-29-27-25-23-21-19-17-15-13-11-9-7-2/h18,20,24,26,77,81H,6-17,19,21-23,25,27-76H2,1-5H3/p+1/b20-18-,26-24-. The van der Waals surface area contributed by atoms with Gasteiger partial charge in [-0.25, -0.2) is 4.79 Å². The van der Waals surface area contributed by atoms with E-state index in [2.05, 4.69) is 38.2 Å². The Kier molecular flexibility index (Phi) is 70.8.